The summed E-state index contributed by atoms with van der Waals surface area (Å²) in [7, 11) is 4.99. The largest absolute Gasteiger partial charge is 0.466 e. The minimum atomic E-state index is -1.44. The van der Waals surface area contributed by atoms with E-state index in [0.29, 0.717) is 18.1 Å². The topological polar surface area (TPSA) is 79.9 Å². The summed E-state index contributed by atoms with van der Waals surface area (Å²) in [6.45, 7) is 0.965. The molecule has 1 amide bonds. The molecule has 3 unspecified atom stereocenters. The van der Waals surface area contributed by atoms with Gasteiger partial charge in [-0.1, -0.05) is 29.8 Å². The molecule has 10 heteroatoms. The molecule has 0 aliphatic carbocycles. The van der Waals surface area contributed by atoms with Crippen molar-refractivity contribution in [2.75, 3.05) is 39.6 Å². The van der Waals surface area contributed by atoms with Crippen molar-refractivity contribution in [1.29, 1.82) is 0 Å². The molecule has 3 atom stereocenters. The molecule has 2 aliphatic rings. The molecule has 37 heavy (non-hydrogen) atoms. The van der Waals surface area contributed by atoms with E-state index >= 15 is 0 Å². The number of amides is 1. The second-order valence-corrected chi connectivity index (χ2v) is 9.65. The standard InChI is InChI=1S/C27H28ClF2N3O4/c1-33(2)11-10-31-25(34)23-21-8-9-27(37-21,24(23)26(35)36-3)22(12-16-4-6-17(28)7-5-16)32-20-14-18(29)13-19(30)15-20/h4-9,13-15,21-22,32H,10-12H2,1-3H3,(H,31,34). The van der Waals surface area contributed by atoms with E-state index in [0.717, 1.165) is 23.8 Å². The summed E-state index contributed by atoms with van der Waals surface area (Å²) in [4.78, 5) is 28.2. The maximum atomic E-state index is 14.0. The first-order valence-electron chi connectivity index (χ1n) is 11.7. The van der Waals surface area contributed by atoms with Crippen molar-refractivity contribution < 1.29 is 27.8 Å². The fourth-order valence-corrected chi connectivity index (χ4v) is 4.77. The number of fused-ring (bicyclic) bond motifs is 2. The lowest BCUT2D eigenvalue weighted by Gasteiger charge is -2.36. The van der Waals surface area contributed by atoms with Gasteiger partial charge in [0.2, 0.25) is 0 Å². The number of likely N-dealkylation sites (N-methyl/N-ethyl adjacent to an activating group) is 1. The maximum absolute atomic E-state index is 14.0. The van der Waals surface area contributed by atoms with Crippen molar-refractivity contribution in [3.8, 4) is 0 Å². The van der Waals surface area contributed by atoms with Crippen LogP contribution in [0.1, 0.15) is 5.56 Å². The number of hydrogen-bond acceptors (Lipinski definition) is 6. The molecule has 4 rings (SSSR count). The van der Waals surface area contributed by atoms with Crippen molar-refractivity contribution in [2.24, 2.45) is 0 Å². The number of ether oxygens (including phenoxy) is 2. The first-order valence-corrected chi connectivity index (χ1v) is 12.1. The monoisotopic (exact) mass is 531 g/mol. The van der Waals surface area contributed by atoms with Crippen LogP contribution in [-0.2, 0) is 25.5 Å². The Labute approximate surface area is 219 Å². The highest BCUT2D eigenvalue weighted by molar-refractivity contribution is 6.30. The minimum Gasteiger partial charge on any atom is -0.466 e. The van der Waals surface area contributed by atoms with Crippen LogP contribution in [0.2, 0.25) is 5.02 Å². The van der Waals surface area contributed by atoms with Gasteiger partial charge in [-0.3, -0.25) is 4.79 Å². The van der Waals surface area contributed by atoms with Gasteiger partial charge in [-0.05, 0) is 56.4 Å². The number of hydrogen-bond donors (Lipinski definition) is 2. The molecule has 0 aromatic heterocycles. The van der Waals surface area contributed by atoms with Crippen LogP contribution >= 0.6 is 11.6 Å². The molecular weight excluding hydrogens is 504 g/mol. The molecule has 2 heterocycles. The summed E-state index contributed by atoms with van der Waals surface area (Å²) in [6, 6.07) is 9.37. The summed E-state index contributed by atoms with van der Waals surface area (Å²) >= 11 is 6.05. The molecule has 2 bridgehead atoms. The molecule has 7 nitrogen and oxygen atoms in total. The fraction of sp³-hybridized carbons (Fsp3) is 0.333. The van der Waals surface area contributed by atoms with Gasteiger partial charge in [0, 0.05) is 29.9 Å². The third-order valence-electron chi connectivity index (χ3n) is 6.34. The number of benzene rings is 2. The van der Waals surface area contributed by atoms with Gasteiger partial charge in [0.1, 0.15) is 23.3 Å². The second-order valence-electron chi connectivity index (χ2n) is 9.22. The highest BCUT2D eigenvalue weighted by atomic mass is 35.5. The second kappa shape index (κ2) is 11.0. The number of carbonyl (C=O) groups excluding carboxylic acids is 2. The van der Waals surface area contributed by atoms with Gasteiger partial charge in [0.15, 0.2) is 0 Å². The molecule has 2 aromatic rings. The lowest BCUT2D eigenvalue weighted by atomic mass is 9.78. The quantitative estimate of drug-likeness (QED) is 0.361. The Bertz CT molecular complexity index is 1230. The summed E-state index contributed by atoms with van der Waals surface area (Å²) in [5.41, 5.74) is -0.260. The van der Waals surface area contributed by atoms with Crippen LogP contribution in [0.4, 0.5) is 14.5 Å². The predicted octanol–water partition coefficient (Wildman–Crippen LogP) is 3.50. The number of methoxy groups -OCH3 is 1. The molecule has 0 saturated carbocycles. The Morgan fingerprint density at radius 3 is 2.46 bits per heavy atom. The van der Waals surface area contributed by atoms with E-state index in [2.05, 4.69) is 10.6 Å². The van der Waals surface area contributed by atoms with Crippen LogP contribution in [0.3, 0.4) is 0 Å². The van der Waals surface area contributed by atoms with Crippen LogP contribution in [0, 0.1) is 11.6 Å². The van der Waals surface area contributed by atoms with E-state index in [1.807, 2.05) is 19.0 Å². The third-order valence-corrected chi connectivity index (χ3v) is 6.59. The van der Waals surface area contributed by atoms with E-state index in [1.165, 1.54) is 7.11 Å². The normalized spacial score (nSPS) is 20.9. The van der Waals surface area contributed by atoms with Crippen molar-refractivity contribution in [1.82, 2.24) is 10.2 Å². The van der Waals surface area contributed by atoms with Gasteiger partial charge < -0.3 is 25.0 Å². The number of halogens is 3. The number of nitrogens with one attached hydrogen (secondary N) is 2. The molecule has 0 spiro atoms. The minimum absolute atomic E-state index is 0.0493. The highest BCUT2D eigenvalue weighted by Gasteiger charge is 2.58. The summed E-state index contributed by atoms with van der Waals surface area (Å²) in [6.07, 6.45) is 2.88. The van der Waals surface area contributed by atoms with Crippen molar-refractivity contribution in [3.05, 3.63) is 88.0 Å². The smallest absolute Gasteiger partial charge is 0.337 e. The highest BCUT2D eigenvalue weighted by Crippen LogP contribution is 2.47. The average molecular weight is 532 g/mol. The Morgan fingerprint density at radius 2 is 1.84 bits per heavy atom. The van der Waals surface area contributed by atoms with Gasteiger partial charge in [0.05, 0.1) is 24.3 Å². The van der Waals surface area contributed by atoms with E-state index in [4.69, 9.17) is 21.1 Å². The first-order chi connectivity index (χ1) is 17.6. The lowest BCUT2D eigenvalue weighted by molar-refractivity contribution is -0.138. The molecule has 2 aromatic carbocycles. The molecule has 196 valence electrons. The Morgan fingerprint density at radius 1 is 1.16 bits per heavy atom. The van der Waals surface area contributed by atoms with E-state index in [9.17, 15) is 18.4 Å². The fourth-order valence-electron chi connectivity index (χ4n) is 4.65. The number of nitrogens with zero attached hydrogens (tertiary/aromatic N) is 1. The molecule has 2 N–H and O–H groups in total. The van der Waals surface area contributed by atoms with Gasteiger partial charge in [-0.15, -0.1) is 0 Å². The number of carbonyl (C=O) groups is 2. The van der Waals surface area contributed by atoms with E-state index < -0.39 is 41.3 Å². The Balaban J connectivity index is 1.77. The molecule has 0 fully saturated rings. The van der Waals surface area contributed by atoms with Crippen LogP contribution in [0.15, 0.2) is 65.8 Å². The Hall–Kier alpha value is -3.27. The van der Waals surface area contributed by atoms with Crippen molar-refractivity contribution in [2.45, 2.75) is 24.2 Å². The SMILES string of the molecule is COC(=O)C1=C(C(=O)NCCN(C)C)C2C=CC1(C(Cc1ccc(Cl)cc1)Nc1cc(F)cc(F)c1)O2. The molecule has 0 radical (unpaired) electrons. The van der Waals surface area contributed by atoms with Gasteiger partial charge >= 0.3 is 5.97 Å². The van der Waals surface area contributed by atoms with Crippen LogP contribution < -0.4 is 10.6 Å². The summed E-state index contributed by atoms with van der Waals surface area (Å²) < 4.78 is 39.5. The average Bonchev–Trinajstić information content (AvgIpc) is 3.42. The zero-order chi connectivity index (χ0) is 26.7. The molecule has 0 saturated heterocycles. The Kier molecular flexibility index (Phi) is 7.96. The number of anilines is 1. The van der Waals surface area contributed by atoms with Crippen LogP contribution in [0.25, 0.3) is 0 Å². The van der Waals surface area contributed by atoms with Gasteiger partial charge in [-0.25, -0.2) is 13.6 Å². The van der Waals surface area contributed by atoms with Gasteiger partial charge in [-0.2, -0.15) is 0 Å². The molecule has 2 aliphatic heterocycles. The van der Waals surface area contributed by atoms with E-state index in [1.54, 1.807) is 36.4 Å². The maximum Gasteiger partial charge on any atom is 0.337 e. The predicted molar refractivity (Wildman–Crippen MR) is 136 cm³/mol. The zero-order valence-corrected chi connectivity index (χ0v) is 21.4. The van der Waals surface area contributed by atoms with Crippen molar-refractivity contribution >= 4 is 29.2 Å². The molecular formula is C27H28ClF2N3O4. The van der Waals surface area contributed by atoms with Crippen LogP contribution in [0.5, 0.6) is 0 Å². The summed E-state index contributed by atoms with van der Waals surface area (Å²) in [5, 5.41) is 6.52. The van der Waals surface area contributed by atoms with Crippen molar-refractivity contribution in [3.63, 3.8) is 0 Å². The third kappa shape index (κ3) is 5.69. The van der Waals surface area contributed by atoms with E-state index in [-0.39, 0.29) is 23.3 Å². The first kappa shape index (κ1) is 26.8. The lowest BCUT2D eigenvalue weighted by Crippen LogP contribution is -2.49. The number of rotatable bonds is 10. The number of esters is 1. The zero-order valence-electron chi connectivity index (χ0n) is 20.7. The van der Waals surface area contributed by atoms with Gasteiger partial charge in [0.25, 0.3) is 5.91 Å². The van der Waals surface area contributed by atoms with Crippen LogP contribution in [-0.4, -0.2) is 68.8 Å². The summed E-state index contributed by atoms with van der Waals surface area (Å²) in [5.74, 6) is -2.69.